The van der Waals surface area contributed by atoms with Gasteiger partial charge in [0.15, 0.2) is 5.65 Å². The van der Waals surface area contributed by atoms with Crippen LogP contribution in [0.4, 0.5) is 4.39 Å². The van der Waals surface area contributed by atoms with E-state index < -0.39 is 11.4 Å². The van der Waals surface area contributed by atoms with Crippen molar-refractivity contribution in [2.75, 3.05) is 0 Å². The largest absolute Gasteiger partial charge is 0.348 e. The van der Waals surface area contributed by atoms with E-state index >= 15 is 0 Å². The minimum atomic E-state index is -0.453. The van der Waals surface area contributed by atoms with Crippen LogP contribution >= 0.6 is 0 Å². The van der Waals surface area contributed by atoms with E-state index in [1.165, 1.54) is 22.2 Å². The van der Waals surface area contributed by atoms with E-state index in [-0.39, 0.29) is 11.6 Å². The molecule has 0 aliphatic heterocycles. The van der Waals surface area contributed by atoms with Crippen molar-refractivity contribution in [2.24, 2.45) is 0 Å². The van der Waals surface area contributed by atoms with Gasteiger partial charge < -0.3 is 5.32 Å². The van der Waals surface area contributed by atoms with Gasteiger partial charge in [-0.15, -0.1) is 0 Å². The average Bonchev–Trinajstić information content (AvgIpc) is 3.26. The maximum atomic E-state index is 13.7. The Kier molecular flexibility index (Phi) is 5.41. The first-order valence-electron chi connectivity index (χ1n) is 10.9. The Hall–Kier alpha value is -4.33. The molecule has 7 nitrogen and oxygen atoms in total. The SMILES string of the molecule is CC(C)c1ccc(CNC(=O)c2ccc3c(=O)nc4c(-c5cccc(F)c5)n[nH]n4c3c2)cc1. The predicted octanol–water partition coefficient (Wildman–Crippen LogP) is 4.43. The standard InChI is InChI=1S/C26H22FN5O2/c1-15(2)17-8-6-16(7-9-17)14-28-25(33)19-10-11-21-22(13-19)32-24(29-26(21)34)23(30-31-32)18-4-3-5-20(27)12-18/h3-13,15,31H,14H2,1-2H3,(H,28,33). The molecule has 0 saturated heterocycles. The Morgan fingerprint density at radius 3 is 2.62 bits per heavy atom. The first kappa shape index (κ1) is 21.5. The molecule has 0 saturated carbocycles. The normalized spacial score (nSPS) is 11.4. The smallest absolute Gasteiger partial charge is 0.281 e. The van der Waals surface area contributed by atoms with E-state index in [9.17, 15) is 14.0 Å². The maximum Gasteiger partial charge on any atom is 0.281 e. The summed E-state index contributed by atoms with van der Waals surface area (Å²) in [4.78, 5) is 29.6. The van der Waals surface area contributed by atoms with Crippen molar-refractivity contribution >= 4 is 22.5 Å². The van der Waals surface area contributed by atoms with Crippen molar-refractivity contribution in [1.82, 2.24) is 25.1 Å². The number of benzene rings is 3. The van der Waals surface area contributed by atoms with Gasteiger partial charge in [-0.05, 0) is 47.4 Å². The monoisotopic (exact) mass is 455 g/mol. The van der Waals surface area contributed by atoms with E-state index in [1.807, 2.05) is 12.1 Å². The summed E-state index contributed by atoms with van der Waals surface area (Å²) >= 11 is 0. The van der Waals surface area contributed by atoms with Crippen LogP contribution in [0.2, 0.25) is 0 Å². The Morgan fingerprint density at radius 2 is 1.88 bits per heavy atom. The summed E-state index contributed by atoms with van der Waals surface area (Å²) in [5.41, 5.74) is 3.73. The Balaban J connectivity index is 1.47. The number of H-pyrrole nitrogens is 1. The minimum absolute atomic E-state index is 0.255. The lowest BCUT2D eigenvalue weighted by atomic mass is 10.0. The van der Waals surface area contributed by atoms with Gasteiger partial charge in [0, 0.05) is 17.7 Å². The second-order valence-electron chi connectivity index (χ2n) is 8.46. The summed E-state index contributed by atoms with van der Waals surface area (Å²) in [6.45, 7) is 4.65. The highest BCUT2D eigenvalue weighted by atomic mass is 19.1. The predicted molar refractivity (Wildman–Crippen MR) is 128 cm³/mol. The molecule has 8 heteroatoms. The third-order valence-electron chi connectivity index (χ3n) is 5.82. The summed E-state index contributed by atoms with van der Waals surface area (Å²) < 4.78 is 15.2. The molecule has 5 rings (SSSR count). The van der Waals surface area contributed by atoms with Gasteiger partial charge in [-0.1, -0.05) is 50.2 Å². The van der Waals surface area contributed by atoms with Crippen LogP contribution in [0.3, 0.4) is 0 Å². The molecule has 0 aliphatic rings. The molecule has 0 unspecified atom stereocenters. The van der Waals surface area contributed by atoms with Crippen molar-refractivity contribution in [3.8, 4) is 11.3 Å². The van der Waals surface area contributed by atoms with Gasteiger partial charge in [-0.2, -0.15) is 10.1 Å². The van der Waals surface area contributed by atoms with E-state index in [2.05, 4.69) is 46.6 Å². The fourth-order valence-electron chi connectivity index (χ4n) is 3.90. The number of halogens is 1. The summed E-state index contributed by atoms with van der Waals surface area (Å²) in [6, 6.07) is 18.8. The number of aromatic amines is 1. The third kappa shape index (κ3) is 3.94. The van der Waals surface area contributed by atoms with Crippen molar-refractivity contribution in [3.05, 3.63) is 99.6 Å². The first-order chi connectivity index (χ1) is 16.4. The van der Waals surface area contributed by atoms with Crippen molar-refractivity contribution in [3.63, 3.8) is 0 Å². The molecule has 34 heavy (non-hydrogen) atoms. The maximum absolute atomic E-state index is 13.7. The van der Waals surface area contributed by atoms with Crippen molar-refractivity contribution < 1.29 is 9.18 Å². The lowest BCUT2D eigenvalue weighted by Gasteiger charge is -2.09. The quantitative estimate of drug-likeness (QED) is 0.410. The van der Waals surface area contributed by atoms with E-state index in [0.29, 0.717) is 40.2 Å². The number of carbonyl (C=O) groups is 1. The molecule has 0 spiro atoms. The number of rotatable bonds is 5. The summed E-state index contributed by atoms with van der Waals surface area (Å²) in [7, 11) is 0. The molecule has 0 radical (unpaired) electrons. The highest BCUT2D eigenvalue weighted by molar-refractivity contribution is 5.98. The summed E-state index contributed by atoms with van der Waals surface area (Å²) in [5, 5.41) is 10.3. The van der Waals surface area contributed by atoms with Crippen LogP contribution in [0.25, 0.3) is 27.8 Å². The van der Waals surface area contributed by atoms with E-state index in [1.54, 1.807) is 30.3 Å². The number of carbonyl (C=O) groups excluding carboxylic acids is 1. The average molecular weight is 455 g/mol. The molecule has 2 N–H and O–H groups in total. The molecule has 170 valence electrons. The highest BCUT2D eigenvalue weighted by Crippen LogP contribution is 2.23. The molecule has 3 aromatic carbocycles. The molecular formula is C26H22FN5O2. The summed E-state index contributed by atoms with van der Waals surface area (Å²) in [6.07, 6.45) is 0. The second-order valence-corrected chi connectivity index (χ2v) is 8.46. The van der Waals surface area contributed by atoms with Crippen LogP contribution in [0.15, 0.2) is 71.5 Å². The Labute approximate surface area is 194 Å². The van der Waals surface area contributed by atoms with Crippen LogP contribution < -0.4 is 10.9 Å². The van der Waals surface area contributed by atoms with Gasteiger partial charge in [0.25, 0.3) is 11.5 Å². The zero-order chi connectivity index (χ0) is 23.8. The van der Waals surface area contributed by atoms with Crippen LogP contribution in [-0.2, 0) is 6.54 Å². The second kappa shape index (κ2) is 8.55. The van der Waals surface area contributed by atoms with Crippen molar-refractivity contribution in [2.45, 2.75) is 26.3 Å². The number of nitrogens with zero attached hydrogens (tertiary/aromatic N) is 3. The van der Waals surface area contributed by atoms with Crippen LogP contribution in [0, 0.1) is 5.82 Å². The van der Waals surface area contributed by atoms with Gasteiger partial charge in [-0.3, -0.25) is 9.59 Å². The minimum Gasteiger partial charge on any atom is -0.348 e. The molecular weight excluding hydrogens is 433 g/mol. The topological polar surface area (TPSA) is 92.2 Å². The Morgan fingerprint density at radius 1 is 1.09 bits per heavy atom. The Bertz CT molecular complexity index is 1590. The summed E-state index contributed by atoms with van der Waals surface area (Å²) in [5.74, 6) is -0.239. The van der Waals surface area contributed by atoms with Crippen LogP contribution in [0.5, 0.6) is 0 Å². The van der Waals surface area contributed by atoms with Gasteiger partial charge in [-0.25, -0.2) is 14.1 Å². The number of fused-ring (bicyclic) bond motifs is 3. The number of hydrogen-bond acceptors (Lipinski definition) is 4. The molecule has 2 aromatic heterocycles. The number of nitrogens with one attached hydrogen (secondary N) is 2. The molecule has 0 fully saturated rings. The number of hydrogen-bond donors (Lipinski definition) is 2. The zero-order valence-electron chi connectivity index (χ0n) is 18.7. The molecule has 2 heterocycles. The molecule has 1 amide bonds. The van der Waals surface area contributed by atoms with Gasteiger partial charge in [0.05, 0.1) is 10.9 Å². The van der Waals surface area contributed by atoms with Crippen LogP contribution in [0.1, 0.15) is 41.3 Å². The fourth-order valence-corrected chi connectivity index (χ4v) is 3.90. The van der Waals surface area contributed by atoms with Crippen molar-refractivity contribution in [1.29, 1.82) is 0 Å². The first-order valence-corrected chi connectivity index (χ1v) is 10.9. The lowest BCUT2D eigenvalue weighted by Crippen LogP contribution is -2.23. The zero-order valence-corrected chi connectivity index (χ0v) is 18.7. The molecule has 0 aliphatic carbocycles. The molecule has 0 atom stereocenters. The third-order valence-corrected chi connectivity index (χ3v) is 5.82. The van der Waals surface area contributed by atoms with Gasteiger partial charge >= 0.3 is 0 Å². The lowest BCUT2D eigenvalue weighted by molar-refractivity contribution is 0.0951. The van der Waals surface area contributed by atoms with Gasteiger partial charge in [0.1, 0.15) is 11.5 Å². The number of amides is 1. The van der Waals surface area contributed by atoms with Gasteiger partial charge in [0.2, 0.25) is 0 Å². The molecule has 5 aromatic rings. The van der Waals surface area contributed by atoms with E-state index in [4.69, 9.17) is 0 Å². The van der Waals surface area contributed by atoms with E-state index in [0.717, 1.165) is 5.56 Å². The number of aromatic nitrogens is 4. The highest BCUT2D eigenvalue weighted by Gasteiger charge is 2.16. The molecule has 0 bridgehead atoms. The van der Waals surface area contributed by atoms with Crippen LogP contribution in [-0.4, -0.2) is 25.7 Å². The fraction of sp³-hybridized carbons (Fsp3) is 0.154.